The summed E-state index contributed by atoms with van der Waals surface area (Å²) in [4.78, 5) is 12.5. The fraction of sp³-hybridized carbons (Fsp3) is 0.471. The molecule has 0 aromatic heterocycles. The van der Waals surface area contributed by atoms with Gasteiger partial charge in [0, 0.05) is 11.6 Å². The molecule has 0 heterocycles. The van der Waals surface area contributed by atoms with Gasteiger partial charge in [0.25, 0.3) is 5.91 Å². The maximum Gasteiger partial charge on any atom is 0.252 e. The third-order valence-electron chi connectivity index (χ3n) is 4.11. The van der Waals surface area contributed by atoms with Crippen LogP contribution in [0, 0.1) is 23.1 Å². The van der Waals surface area contributed by atoms with Crippen molar-refractivity contribution in [3.05, 3.63) is 35.1 Å². The van der Waals surface area contributed by atoms with Gasteiger partial charge in [0.15, 0.2) is 0 Å². The topological polar surface area (TPSA) is 55.1 Å². The lowest BCUT2D eigenvalue weighted by molar-refractivity contribution is 0.0909. The van der Waals surface area contributed by atoms with E-state index in [4.69, 9.17) is 5.73 Å². The van der Waals surface area contributed by atoms with E-state index in [-0.39, 0.29) is 23.9 Å². The summed E-state index contributed by atoms with van der Waals surface area (Å²) < 4.78 is 13.3. The normalized spacial score (nSPS) is 19.7. The van der Waals surface area contributed by atoms with Gasteiger partial charge in [-0.2, -0.15) is 0 Å². The largest absolute Gasteiger partial charge is 0.349 e. The Morgan fingerprint density at radius 1 is 1.52 bits per heavy atom. The number of nitrogens with two attached hydrogens (primary N) is 1. The minimum Gasteiger partial charge on any atom is -0.349 e. The van der Waals surface area contributed by atoms with Crippen molar-refractivity contribution in [3.63, 3.8) is 0 Å². The van der Waals surface area contributed by atoms with Gasteiger partial charge in [-0.25, -0.2) is 4.39 Å². The van der Waals surface area contributed by atoms with Crippen molar-refractivity contribution in [2.24, 2.45) is 11.1 Å². The highest BCUT2D eigenvalue weighted by Gasteiger charge is 2.35. The van der Waals surface area contributed by atoms with Crippen LogP contribution in [0.2, 0.25) is 0 Å². The van der Waals surface area contributed by atoms with Crippen LogP contribution >= 0.6 is 0 Å². The number of rotatable bonds is 2. The molecule has 21 heavy (non-hydrogen) atoms. The zero-order valence-electron chi connectivity index (χ0n) is 12.5. The van der Waals surface area contributed by atoms with Crippen LogP contribution in [0.5, 0.6) is 0 Å². The molecule has 1 aliphatic carbocycles. The van der Waals surface area contributed by atoms with Crippen LogP contribution in [0.4, 0.5) is 4.39 Å². The maximum absolute atomic E-state index is 13.3. The molecule has 1 saturated carbocycles. The summed E-state index contributed by atoms with van der Waals surface area (Å²) in [5, 5.41) is 3.06. The molecule has 4 heteroatoms. The number of amides is 1. The van der Waals surface area contributed by atoms with Crippen LogP contribution in [-0.2, 0) is 0 Å². The average Bonchev–Trinajstić information content (AvgIpc) is 2.75. The Morgan fingerprint density at radius 2 is 2.29 bits per heavy atom. The first-order chi connectivity index (χ1) is 9.94. The fourth-order valence-electron chi connectivity index (χ4n) is 2.79. The van der Waals surface area contributed by atoms with Gasteiger partial charge in [-0.05, 0) is 36.5 Å². The second-order valence-corrected chi connectivity index (χ2v) is 6.10. The third-order valence-corrected chi connectivity index (χ3v) is 4.11. The molecular weight excluding hydrogens is 267 g/mol. The third kappa shape index (κ3) is 3.62. The summed E-state index contributed by atoms with van der Waals surface area (Å²) in [6.07, 6.45) is 3.19. The molecule has 112 valence electrons. The molecule has 1 atom stereocenters. The van der Waals surface area contributed by atoms with Gasteiger partial charge in [0.1, 0.15) is 5.82 Å². The summed E-state index contributed by atoms with van der Waals surface area (Å²) in [7, 11) is 0. The van der Waals surface area contributed by atoms with Gasteiger partial charge in [-0.3, -0.25) is 4.79 Å². The van der Waals surface area contributed by atoms with Crippen LogP contribution in [0.3, 0.4) is 0 Å². The van der Waals surface area contributed by atoms with Crippen molar-refractivity contribution in [3.8, 4) is 11.8 Å². The molecule has 1 aromatic rings. The molecule has 1 unspecified atom stereocenters. The molecule has 0 radical (unpaired) electrons. The summed E-state index contributed by atoms with van der Waals surface area (Å²) in [6.45, 7) is 4.49. The first-order valence-corrected chi connectivity index (χ1v) is 7.23. The lowest BCUT2D eigenvalue weighted by atomic mass is 9.87. The van der Waals surface area contributed by atoms with Gasteiger partial charge in [0.2, 0.25) is 0 Å². The molecule has 3 N–H and O–H groups in total. The molecule has 0 saturated heterocycles. The quantitative estimate of drug-likeness (QED) is 0.821. The second-order valence-electron chi connectivity index (χ2n) is 6.10. The highest BCUT2D eigenvalue weighted by Crippen LogP contribution is 2.37. The molecule has 3 nitrogen and oxygen atoms in total. The predicted octanol–water partition coefficient (Wildman–Crippen LogP) is 2.44. The Bertz CT molecular complexity index is 599. The van der Waals surface area contributed by atoms with Gasteiger partial charge in [0.05, 0.1) is 12.1 Å². The zero-order valence-corrected chi connectivity index (χ0v) is 12.5. The number of nitrogens with one attached hydrogen (secondary N) is 1. The van der Waals surface area contributed by atoms with Crippen molar-refractivity contribution in [1.82, 2.24) is 5.32 Å². The van der Waals surface area contributed by atoms with Gasteiger partial charge in [-0.1, -0.05) is 32.1 Å². The monoisotopic (exact) mass is 288 g/mol. The van der Waals surface area contributed by atoms with Crippen LogP contribution in [-0.4, -0.2) is 18.5 Å². The highest BCUT2D eigenvalue weighted by atomic mass is 19.1. The molecule has 2 rings (SSSR count). The van der Waals surface area contributed by atoms with Gasteiger partial charge < -0.3 is 11.1 Å². The summed E-state index contributed by atoms with van der Waals surface area (Å²) in [6, 6.07) is 4.18. The average molecular weight is 288 g/mol. The molecule has 1 aliphatic rings. The second kappa shape index (κ2) is 6.28. The van der Waals surface area contributed by atoms with E-state index in [1.165, 1.54) is 18.2 Å². The van der Waals surface area contributed by atoms with E-state index in [1.807, 2.05) is 0 Å². The molecule has 0 aliphatic heterocycles. The summed E-state index contributed by atoms with van der Waals surface area (Å²) >= 11 is 0. The van der Waals surface area contributed by atoms with Crippen molar-refractivity contribution < 1.29 is 9.18 Å². The number of carbonyl (C=O) groups excluding carboxylic acids is 1. The lowest BCUT2D eigenvalue weighted by Gasteiger charge is -2.28. The number of hydrogen-bond acceptors (Lipinski definition) is 2. The van der Waals surface area contributed by atoms with Crippen LogP contribution < -0.4 is 11.1 Å². The summed E-state index contributed by atoms with van der Waals surface area (Å²) in [5.74, 6) is 4.83. The van der Waals surface area contributed by atoms with Crippen LogP contribution in [0.15, 0.2) is 18.2 Å². The van der Waals surface area contributed by atoms with Gasteiger partial charge >= 0.3 is 0 Å². The first kappa shape index (κ1) is 15.5. The highest BCUT2D eigenvalue weighted by molar-refractivity contribution is 5.97. The molecule has 1 aromatic carbocycles. The van der Waals surface area contributed by atoms with E-state index < -0.39 is 5.82 Å². The van der Waals surface area contributed by atoms with Crippen LogP contribution in [0.25, 0.3) is 0 Å². The number of halogens is 1. The van der Waals surface area contributed by atoms with Crippen molar-refractivity contribution in [1.29, 1.82) is 0 Å². The Morgan fingerprint density at radius 3 is 2.90 bits per heavy atom. The SMILES string of the molecule is CC1(C)CCCC1NC(=O)c1ccc(F)cc1C#CCN. The molecular formula is C17H21FN2O. The lowest BCUT2D eigenvalue weighted by Crippen LogP contribution is -2.41. The van der Waals surface area contributed by atoms with E-state index >= 15 is 0 Å². The Labute approximate surface area is 125 Å². The number of carbonyl (C=O) groups is 1. The van der Waals surface area contributed by atoms with Crippen molar-refractivity contribution in [2.45, 2.75) is 39.2 Å². The summed E-state index contributed by atoms with van der Waals surface area (Å²) in [5.41, 5.74) is 6.22. The minimum atomic E-state index is -0.408. The number of benzene rings is 1. The van der Waals surface area contributed by atoms with Crippen molar-refractivity contribution >= 4 is 5.91 Å². The molecule has 1 fully saturated rings. The molecule has 0 spiro atoms. The molecule has 1 amide bonds. The fourth-order valence-corrected chi connectivity index (χ4v) is 2.79. The van der Waals surface area contributed by atoms with E-state index in [0.29, 0.717) is 11.1 Å². The number of hydrogen-bond donors (Lipinski definition) is 2. The zero-order chi connectivity index (χ0) is 15.5. The predicted molar refractivity (Wildman–Crippen MR) is 81.2 cm³/mol. The van der Waals surface area contributed by atoms with Crippen LogP contribution in [0.1, 0.15) is 49.0 Å². The first-order valence-electron chi connectivity index (χ1n) is 7.23. The molecule has 0 bridgehead atoms. The van der Waals surface area contributed by atoms with E-state index in [2.05, 4.69) is 31.0 Å². The Hall–Kier alpha value is -1.86. The van der Waals surface area contributed by atoms with Crippen molar-refractivity contribution in [2.75, 3.05) is 6.54 Å². The van der Waals surface area contributed by atoms with E-state index in [9.17, 15) is 9.18 Å². The smallest absolute Gasteiger partial charge is 0.252 e. The minimum absolute atomic E-state index is 0.0960. The Balaban J connectivity index is 2.23. The van der Waals surface area contributed by atoms with E-state index in [0.717, 1.165) is 19.3 Å². The maximum atomic E-state index is 13.3. The Kier molecular flexibility index (Phi) is 4.64. The van der Waals surface area contributed by atoms with E-state index in [1.54, 1.807) is 0 Å². The van der Waals surface area contributed by atoms with Gasteiger partial charge in [-0.15, -0.1) is 0 Å². The standard InChI is InChI=1S/C17H21FN2O/c1-17(2)9-3-6-15(17)20-16(21)14-8-7-13(18)11-12(14)5-4-10-19/h7-8,11,15H,3,6,9-10,19H2,1-2H3,(H,20,21).